The van der Waals surface area contributed by atoms with Crippen molar-refractivity contribution >= 4 is 23.0 Å². The van der Waals surface area contributed by atoms with Crippen LogP contribution in [0.4, 0.5) is 5.95 Å². The number of imidazole rings is 1. The van der Waals surface area contributed by atoms with Gasteiger partial charge >= 0.3 is 5.97 Å². The zero-order valence-corrected chi connectivity index (χ0v) is 11.0. The Morgan fingerprint density at radius 3 is 2.75 bits per heavy atom. The third-order valence-electron chi connectivity index (χ3n) is 3.77. The number of anilines is 1. The number of hydrogen-bond acceptors (Lipinski definition) is 4. The maximum atomic E-state index is 10.9. The molecule has 106 valence electrons. The second-order valence-corrected chi connectivity index (χ2v) is 5.27. The van der Waals surface area contributed by atoms with Crippen LogP contribution in [0, 0.1) is 0 Å². The van der Waals surface area contributed by atoms with Crippen molar-refractivity contribution in [3.63, 3.8) is 0 Å². The summed E-state index contributed by atoms with van der Waals surface area (Å²) in [7, 11) is 0. The van der Waals surface area contributed by atoms with Crippen molar-refractivity contribution in [2.75, 3.05) is 5.32 Å². The molecule has 1 heterocycles. The first kappa shape index (κ1) is 12.9. The van der Waals surface area contributed by atoms with Crippen molar-refractivity contribution in [2.45, 2.75) is 37.8 Å². The van der Waals surface area contributed by atoms with E-state index in [1.54, 1.807) is 18.2 Å². The summed E-state index contributed by atoms with van der Waals surface area (Å²) in [5, 5.41) is 21.8. The van der Waals surface area contributed by atoms with Crippen LogP contribution in [0.1, 0.15) is 36.0 Å². The molecule has 0 unspecified atom stereocenters. The average molecular weight is 275 g/mol. The van der Waals surface area contributed by atoms with Gasteiger partial charge in [-0.05, 0) is 43.9 Å². The summed E-state index contributed by atoms with van der Waals surface area (Å²) >= 11 is 0. The summed E-state index contributed by atoms with van der Waals surface area (Å²) in [6.07, 6.45) is 3.26. The van der Waals surface area contributed by atoms with E-state index in [1.165, 1.54) is 0 Å². The van der Waals surface area contributed by atoms with E-state index in [9.17, 15) is 9.90 Å². The van der Waals surface area contributed by atoms with Crippen molar-refractivity contribution in [3.8, 4) is 0 Å². The van der Waals surface area contributed by atoms with E-state index in [0.717, 1.165) is 31.2 Å². The lowest BCUT2D eigenvalue weighted by Gasteiger charge is -2.25. The number of carboxylic acid groups (broad SMARTS) is 1. The molecule has 1 aliphatic rings. The number of carboxylic acids is 1. The lowest BCUT2D eigenvalue weighted by molar-refractivity contribution is 0.0697. The molecule has 6 heteroatoms. The molecule has 4 N–H and O–H groups in total. The topological polar surface area (TPSA) is 98.2 Å². The molecule has 1 fully saturated rings. The van der Waals surface area contributed by atoms with E-state index >= 15 is 0 Å². The van der Waals surface area contributed by atoms with E-state index < -0.39 is 5.97 Å². The van der Waals surface area contributed by atoms with Gasteiger partial charge in [0.2, 0.25) is 5.95 Å². The van der Waals surface area contributed by atoms with Gasteiger partial charge in [-0.3, -0.25) is 0 Å². The molecule has 0 bridgehead atoms. The van der Waals surface area contributed by atoms with Gasteiger partial charge in [-0.1, -0.05) is 0 Å². The van der Waals surface area contributed by atoms with Gasteiger partial charge in [-0.2, -0.15) is 0 Å². The molecule has 0 atom stereocenters. The van der Waals surface area contributed by atoms with E-state index in [4.69, 9.17) is 5.11 Å². The van der Waals surface area contributed by atoms with Crippen molar-refractivity contribution in [1.29, 1.82) is 0 Å². The highest BCUT2D eigenvalue weighted by Crippen LogP contribution is 2.22. The van der Waals surface area contributed by atoms with E-state index in [-0.39, 0.29) is 11.7 Å². The summed E-state index contributed by atoms with van der Waals surface area (Å²) in [5.74, 6) is -0.291. The van der Waals surface area contributed by atoms with Gasteiger partial charge in [0.05, 0.1) is 22.7 Å². The van der Waals surface area contributed by atoms with Gasteiger partial charge in [0.15, 0.2) is 0 Å². The summed E-state index contributed by atoms with van der Waals surface area (Å²) in [6, 6.07) is 5.13. The van der Waals surface area contributed by atoms with Crippen LogP contribution in [0.2, 0.25) is 0 Å². The van der Waals surface area contributed by atoms with Gasteiger partial charge < -0.3 is 20.5 Å². The van der Waals surface area contributed by atoms with Crippen LogP contribution in [0.25, 0.3) is 11.0 Å². The largest absolute Gasteiger partial charge is 0.478 e. The van der Waals surface area contributed by atoms with Crippen molar-refractivity contribution in [1.82, 2.24) is 9.97 Å². The molecule has 1 aromatic carbocycles. The zero-order chi connectivity index (χ0) is 14.1. The molecule has 0 radical (unpaired) electrons. The minimum Gasteiger partial charge on any atom is -0.478 e. The van der Waals surface area contributed by atoms with E-state index in [2.05, 4.69) is 15.3 Å². The number of nitrogens with one attached hydrogen (secondary N) is 2. The Morgan fingerprint density at radius 1 is 1.30 bits per heavy atom. The Kier molecular flexibility index (Phi) is 3.31. The first-order chi connectivity index (χ1) is 9.61. The van der Waals surface area contributed by atoms with Crippen LogP contribution >= 0.6 is 0 Å². The number of fused-ring (bicyclic) bond motifs is 1. The molecule has 20 heavy (non-hydrogen) atoms. The van der Waals surface area contributed by atoms with Crippen molar-refractivity contribution in [3.05, 3.63) is 23.8 Å². The molecule has 1 saturated carbocycles. The number of hydrogen-bond donors (Lipinski definition) is 4. The van der Waals surface area contributed by atoms with Gasteiger partial charge in [0.25, 0.3) is 0 Å². The second-order valence-electron chi connectivity index (χ2n) is 5.27. The fourth-order valence-corrected chi connectivity index (χ4v) is 2.62. The SMILES string of the molecule is O=C(O)c1ccc2nc(NC3CCC(O)CC3)[nH]c2c1. The van der Waals surface area contributed by atoms with Crippen molar-refractivity contribution < 1.29 is 15.0 Å². The van der Waals surface area contributed by atoms with Gasteiger partial charge in [0, 0.05) is 6.04 Å². The fourth-order valence-electron chi connectivity index (χ4n) is 2.62. The first-order valence-electron chi connectivity index (χ1n) is 6.79. The van der Waals surface area contributed by atoms with Crippen LogP contribution in [-0.2, 0) is 0 Å². The van der Waals surface area contributed by atoms with E-state index in [1.807, 2.05) is 0 Å². The average Bonchev–Trinajstić information content (AvgIpc) is 2.82. The summed E-state index contributed by atoms with van der Waals surface area (Å²) in [5.41, 5.74) is 1.70. The molecular formula is C14H17N3O3. The molecule has 0 amide bonds. The number of nitrogens with zero attached hydrogens (tertiary/aromatic N) is 1. The summed E-state index contributed by atoms with van der Waals surface area (Å²) in [4.78, 5) is 18.4. The molecule has 0 aliphatic heterocycles. The Bertz CT molecular complexity index is 630. The predicted octanol–water partition coefficient (Wildman–Crippen LogP) is 1.98. The predicted molar refractivity (Wildman–Crippen MR) is 74.9 cm³/mol. The number of aromatic amines is 1. The number of aliphatic hydroxyl groups excluding tert-OH is 1. The molecule has 6 nitrogen and oxygen atoms in total. The lowest BCUT2D eigenvalue weighted by atomic mass is 9.93. The highest BCUT2D eigenvalue weighted by Gasteiger charge is 2.20. The number of aliphatic hydroxyl groups is 1. The highest BCUT2D eigenvalue weighted by molar-refractivity contribution is 5.92. The fraction of sp³-hybridized carbons (Fsp3) is 0.429. The summed E-state index contributed by atoms with van der Waals surface area (Å²) in [6.45, 7) is 0. The maximum Gasteiger partial charge on any atom is 0.335 e. The van der Waals surface area contributed by atoms with Crippen LogP contribution in [0.15, 0.2) is 18.2 Å². The maximum absolute atomic E-state index is 10.9. The Hall–Kier alpha value is -2.08. The molecule has 0 saturated heterocycles. The zero-order valence-electron chi connectivity index (χ0n) is 11.0. The molecule has 0 spiro atoms. The first-order valence-corrected chi connectivity index (χ1v) is 6.79. The molecule has 3 rings (SSSR count). The van der Waals surface area contributed by atoms with Crippen LogP contribution in [0.3, 0.4) is 0 Å². The van der Waals surface area contributed by atoms with Crippen LogP contribution in [0.5, 0.6) is 0 Å². The summed E-state index contributed by atoms with van der Waals surface area (Å²) < 4.78 is 0. The molecule has 1 aromatic heterocycles. The Labute approximate surface area is 115 Å². The van der Waals surface area contributed by atoms with Gasteiger partial charge in [-0.25, -0.2) is 9.78 Å². The molecule has 1 aliphatic carbocycles. The van der Waals surface area contributed by atoms with E-state index in [0.29, 0.717) is 17.5 Å². The number of H-pyrrole nitrogens is 1. The molecular weight excluding hydrogens is 258 g/mol. The Balaban J connectivity index is 1.77. The number of aromatic nitrogens is 2. The van der Waals surface area contributed by atoms with Gasteiger partial charge in [0.1, 0.15) is 0 Å². The molecule has 2 aromatic rings. The minimum absolute atomic E-state index is 0.179. The van der Waals surface area contributed by atoms with Crippen molar-refractivity contribution in [2.24, 2.45) is 0 Å². The Morgan fingerprint density at radius 2 is 2.05 bits per heavy atom. The number of rotatable bonds is 3. The smallest absolute Gasteiger partial charge is 0.335 e. The quantitative estimate of drug-likeness (QED) is 0.686. The highest BCUT2D eigenvalue weighted by atomic mass is 16.4. The second kappa shape index (κ2) is 5.13. The van der Waals surface area contributed by atoms with Crippen LogP contribution < -0.4 is 5.32 Å². The number of benzene rings is 1. The van der Waals surface area contributed by atoms with Crippen LogP contribution in [-0.4, -0.2) is 38.3 Å². The third kappa shape index (κ3) is 2.60. The van der Waals surface area contributed by atoms with Gasteiger partial charge in [-0.15, -0.1) is 0 Å². The minimum atomic E-state index is -0.947. The lowest BCUT2D eigenvalue weighted by Crippen LogP contribution is -2.28. The third-order valence-corrected chi connectivity index (χ3v) is 3.77. The standard InChI is InChI=1S/C14H17N3O3/c18-10-4-2-9(3-5-10)15-14-16-11-6-1-8(13(19)20)7-12(11)17-14/h1,6-7,9-10,18H,2-5H2,(H,19,20)(H2,15,16,17). The monoisotopic (exact) mass is 275 g/mol. The normalized spacial score (nSPS) is 22.9. The number of aromatic carboxylic acids is 1. The number of carbonyl (C=O) groups is 1.